The number of ether oxygens (including phenoxy) is 1. The molecule has 1 fully saturated rings. The number of nitrogen functional groups attached to an aromatic ring is 1. The van der Waals surface area contributed by atoms with Crippen molar-refractivity contribution in [3.8, 4) is 0 Å². The van der Waals surface area contributed by atoms with E-state index in [1.165, 1.54) is 11.6 Å². The number of nitrogens with two attached hydrogens (primary N) is 1. The number of piperidine rings is 1. The molecule has 0 saturated carbocycles. The Kier molecular flexibility index (Phi) is 6.95. The molecule has 1 aromatic rings. The minimum atomic E-state index is -0.673. The van der Waals surface area contributed by atoms with Crippen LogP contribution in [0.3, 0.4) is 0 Å². The zero-order valence-electron chi connectivity index (χ0n) is 16.2. The fourth-order valence-electron chi connectivity index (χ4n) is 3.57. The Balaban J connectivity index is 2.24. The number of aromatic nitrogens is 2. The van der Waals surface area contributed by atoms with Crippen molar-refractivity contribution in [2.24, 2.45) is 13.0 Å². The maximum absolute atomic E-state index is 12.8. The van der Waals surface area contributed by atoms with Gasteiger partial charge in [-0.05, 0) is 26.2 Å². The number of rotatable bonds is 7. The van der Waals surface area contributed by atoms with Gasteiger partial charge in [0.25, 0.3) is 5.56 Å². The number of hydrogen-bond donors (Lipinski definition) is 2. The SMILES string of the molecule is CCCn1c(N)c(C(=O)C[NH+]2CCC[C@H](C(=O)OCC)C2)c(=O)n(C)c1=O. The zero-order valence-corrected chi connectivity index (χ0v) is 16.2. The molecule has 1 unspecified atom stereocenters. The predicted octanol–water partition coefficient (Wildman–Crippen LogP) is -1.42. The number of Topliss-reactive ketones (excluding diaryl/α,β-unsaturated/α-hetero) is 1. The third kappa shape index (κ3) is 4.47. The van der Waals surface area contributed by atoms with Crippen LogP contribution in [-0.4, -0.2) is 47.1 Å². The van der Waals surface area contributed by atoms with Gasteiger partial charge in [0.05, 0.1) is 19.7 Å². The van der Waals surface area contributed by atoms with Crippen LogP contribution in [0.15, 0.2) is 9.59 Å². The second-order valence-corrected chi connectivity index (χ2v) is 6.95. The molecule has 3 N–H and O–H groups in total. The van der Waals surface area contributed by atoms with Gasteiger partial charge in [0, 0.05) is 13.6 Å². The van der Waals surface area contributed by atoms with Crippen molar-refractivity contribution >= 4 is 17.6 Å². The molecule has 0 bridgehead atoms. The van der Waals surface area contributed by atoms with Crippen LogP contribution in [0, 0.1) is 5.92 Å². The zero-order chi connectivity index (χ0) is 20.1. The maximum Gasteiger partial charge on any atom is 0.332 e. The van der Waals surface area contributed by atoms with E-state index in [2.05, 4.69) is 0 Å². The Bertz CT molecular complexity index is 826. The average Bonchev–Trinajstić information content (AvgIpc) is 2.64. The third-order valence-electron chi connectivity index (χ3n) is 4.96. The molecule has 0 spiro atoms. The van der Waals surface area contributed by atoms with Gasteiger partial charge in [-0.1, -0.05) is 6.92 Å². The summed E-state index contributed by atoms with van der Waals surface area (Å²) in [5.41, 5.74) is 4.67. The summed E-state index contributed by atoms with van der Waals surface area (Å²) in [7, 11) is 1.34. The Morgan fingerprint density at radius 3 is 2.63 bits per heavy atom. The van der Waals surface area contributed by atoms with Crippen LogP contribution >= 0.6 is 0 Å². The van der Waals surface area contributed by atoms with Crippen LogP contribution in [0.1, 0.15) is 43.5 Å². The number of quaternary nitrogens is 1. The van der Waals surface area contributed by atoms with Crippen molar-refractivity contribution < 1.29 is 19.2 Å². The van der Waals surface area contributed by atoms with Crippen LogP contribution in [0.25, 0.3) is 0 Å². The number of carbonyl (C=O) groups excluding carboxylic acids is 2. The monoisotopic (exact) mass is 381 g/mol. The summed E-state index contributed by atoms with van der Waals surface area (Å²) < 4.78 is 7.27. The van der Waals surface area contributed by atoms with E-state index in [0.29, 0.717) is 26.1 Å². The minimum Gasteiger partial charge on any atom is -0.466 e. The van der Waals surface area contributed by atoms with Gasteiger partial charge in [0.15, 0.2) is 0 Å². The number of nitrogens with zero attached hydrogens (tertiary/aromatic N) is 2. The van der Waals surface area contributed by atoms with Crippen molar-refractivity contribution in [3.63, 3.8) is 0 Å². The summed E-state index contributed by atoms with van der Waals surface area (Å²) in [4.78, 5) is 50.4. The van der Waals surface area contributed by atoms with Crippen LogP contribution < -0.4 is 21.9 Å². The van der Waals surface area contributed by atoms with Gasteiger partial charge in [-0.3, -0.25) is 23.5 Å². The molecule has 9 heteroatoms. The van der Waals surface area contributed by atoms with Crippen LogP contribution in [-0.2, 0) is 23.1 Å². The molecule has 0 aromatic carbocycles. The van der Waals surface area contributed by atoms with E-state index >= 15 is 0 Å². The smallest absolute Gasteiger partial charge is 0.332 e. The van der Waals surface area contributed by atoms with Gasteiger partial charge < -0.3 is 15.4 Å². The van der Waals surface area contributed by atoms with Gasteiger partial charge >= 0.3 is 11.7 Å². The molecule has 1 aliphatic heterocycles. The number of likely N-dealkylation sites (tertiary alicyclic amines) is 1. The summed E-state index contributed by atoms with van der Waals surface area (Å²) in [6.07, 6.45) is 2.19. The van der Waals surface area contributed by atoms with Crippen molar-refractivity contribution in [2.45, 2.75) is 39.7 Å². The Morgan fingerprint density at radius 1 is 1.30 bits per heavy atom. The highest BCUT2D eigenvalue weighted by molar-refractivity contribution is 6.00. The third-order valence-corrected chi connectivity index (χ3v) is 4.96. The molecule has 2 rings (SSSR count). The molecule has 1 saturated heterocycles. The summed E-state index contributed by atoms with van der Waals surface area (Å²) >= 11 is 0. The van der Waals surface area contributed by atoms with Gasteiger partial charge in [0.2, 0.25) is 5.78 Å². The second kappa shape index (κ2) is 8.98. The van der Waals surface area contributed by atoms with E-state index in [9.17, 15) is 19.2 Å². The molecule has 2 atom stereocenters. The first-order valence-electron chi connectivity index (χ1n) is 9.44. The quantitative estimate of drug-likeness (QED) is 0.442. The number of hydrogen-bond acceptors (Lipinski definition) is 6. The first kappa shape index (κ1) is 20.9. The van der Waals surface area contributed by atoms with Gasteiger partial charge in [-0.15, -0.1) is 0 Å². The number of carbonyl (C=O) groups is 2. The van der Waals surface area contributed by atoms with Crippen molar-refractivity contribution in [3.05, 3.63) is 26.4 Å². The van der Waals surface area contributed by atoms with E-state index in [-0.39, 0.29) is 29.8 Å². The lowest BCUT2D eigenvalue weighted by Crippen LogP contribution is -3.14. The van der Waals surface area contributed by atoms with E-state index in [0.717, 1.165) is 28.9 Å². The number of anilines is 1. The summed E-state index contributed by atoms with van der Waals surface area (Å²) in [6.45, 7) is 5.58. The summed E-state index contributed by atoms with van der Waals surface area (Å²) in [5, 5.41) is 0. The second-order valence-electron chi connectivity index (χ2n) is 6.95. The first-order chi connectivity index (χ1) is 12.8. The van der Waals surface area contributed by atoms with Gasteiger partial charge in [-0.2, -0.15) is 0 Å². The highest BCUT2D eigenvalue weighted by Gasteiger charge is 2.32. The lowest BCUT2D eigenvalue weighted by molar-refractivity contribution is -0.899. The lowest BCUT2D eigenvalue weighted by Gasteiger charge is -2.28. The summed E-state index contributed by atoms with van der Waals surface area (Å²) in [6, 6.07) is 0. The number of esters is 1. The van der Waals surface area contributed by atoms with Crippen LogP contribution in [0.5, 0.6) is 0 Å². The molecule has 0 radical (unpaired) electrons. The molecule has 0 amide bonds. The standard InChI is InChI=1S/C18H28N4O5/c1-4-8-22-15(19)14(16(24)20(3)18(22)26)13(23)11-21-9-6-7-12(10-21)17(25)27-5-2/h12H,4-11,19H2,1-3H3/p+1/t12-/m0/s1. The van der Waals surface area contributed by atoms with Crippen LogP contribution in [0.2, 0.25) is 0 Å². The largest absolute Gasteiger partial charge is 0.466 e. The van der Waals surface area contributed by atoms with E-state index < -0.39 is 17.0 Å². The van der Waals surface area contributed by atoms with Crippen molar-refractivity contribution in [1.82, 2.24) is 9.13 Å². The summed E-state index contributed by atoms with van der Waals surface area (Å²) in [5.74, 6) is -0.962. The lowest BCUT2D eigenvalue weighted by atomic mass is 9.97. The fraction of sp³-hybridized carbons (Fsp3) is 0.667. The molecule has 9 nitrogen and oxygen atoms in total. The van der Waals surface area contributed by atoms with Gasteiger partial charge in [0.1, 0.15) is 23.8 Å². The molecule has 1 aliphatic rings. The fourth-order valence-corrected chi connectivity index (χ4v) is 3.57. The highest BCUT2D eigenvalue weighted by Crippen LogP contribution is 2.10. The molecule has 0 aliphatic carbocycles. The van der Waals surface area contributed by atoms with Crippen molar-refractivity contribution in [2.75, 3.05) is 32.0 Å². The Hall–Kier alpha value is -2.42. The predicted molar refractivity (Wildman–Crippen MR) is 99.9 cm³/mol. The van der Waals surface area contributed by atoms with Gasteiger partial charge in [-0.25, -0.2) is 4.79 Å². The highest BCUT2D eigenvalue weighted by atomic mass is 16.5. The molecule has 1 aromatic heterocycles. The van der Waals surface area contributed by atoms with Crippen LogP contribution in [0.4, 0.5) is 5.82 Å². The normalized spacial score (nSPS) is 19.7. The van der Waals surface area contributed by atoms with E-state index in [1.807, 2.05) is 6.92 Å². The number of ketones is 1. The molecular formula is C18H29N4O5+. The van der Waals surface area contributed by atoms with Crippen molar-refractivity contribution in [1.29, 1.82) is 0 Å². The topological polar surface area (TPSA) is 118 Å². The average molecular weight is 381 g/mol. The van der Waals surface area contributed by atoms with E-state index in [4.69, 9.17) is 10.5 Å². The Morgan fingerprint density at radius 2 is 2.00 bits per heavy atom. The minimum absolute atomic E-state index is 0.0552. The molecule has 2 heterocycles. The molecule has 150 valence electrons. The molecular weight excluding hydrogens is 352 g/mol. The van der Waals surface area contributed by atoms with E-state index in [1.54, 1.807) is 6.92 Å². The number of nitrogens with one attached hydrogen (secondary N) is 1. The molecule has 27 heavy (non-hydrogen) atoms. The maximum atomic E-state index is 12.8. The first-order valence-corrected chi connectivity index (χ1v) is 9.44. The Labute approximate surface area is 157 Å².